The molecule has 2 nitrogen and oxygen atoms in total. The topological polar surface area (TPSA) is 25.8 Å². The van der Waals surface area contributed by atoms with Crippen molar-refractivity contribution in [1.29, 1.82) is 0 Å². The summed E-state index contributed by atoms with van der Waals surface area (Å²) < 4.78 is 9.71. The fraction of sp³-hybridized carbons (Fsp3) is 0.522. The Morgan fingerprint density at radius 2 is 0.755 bits per heavy atom. The van der Waals surface area contributed by atoms with Crippen molar-refractivity contribution < 1.29 is 0 Å². The van der Waals surface area contributed by atoms with Gasteiger partial charge in [0.2, 0.25) is 0 Å². The molecule has 0 aliphatic heterocycles. The SMILES string of the molecule is CCCCCCCCCCCCc1ccsc1-c1ccc(-c2ccc(-c3ccc(-c4sccc4CCCCCCCCCCCC)s3)c3nsnc23)s1. The summed E-state index contributed by atoms with van der Waals surface area (Å²) in [6.07, 6.45) is 30.1. The van der Waals surface area contributed by atoms with Crippen LogP contribution in [-0.2, 0) is 12.8 Å². The fourth-order valence-electron chi connectivity index (χ4n) is 7.58. The first kappa shape index (κ1) is 40.5. The predicted octanol–water partition coefficient (Wildman–Crippen LogP) is 17.5. The molecule has 0 unspecified atom stereocenters. The number of aromatic nitrogens is 2. The van der Waals surface area contributed by atoms with Crippen LogP contribution in [0.4, 0.5) is 0 Å². The fourth-order valence-corrected chi connectivity index (χ4v) is 12.5. The number of hydrogen-bond acceptors (Lipinski definition) is 7. The number of benzene rings is 1. The third-order valence-corrected chi connectivity index (χ3v) is 15.7. The predicted molar refractivity (Wildman–Crippen MR) is 242 cm³/mol. The summed E-state index contributed by atoms with van der Waals surface area (Å²) in [6, 6.07) is 18.5. The third-order valence-electron chi connectivity index (χ3n) is 10.7. The summed E-state index contributed by atoms with van der Waals surface area (Å²) in [5.74, 6) is 0. The van der Waals surface area contributed by atoms with Gasteiger partial charge < -0.3 is 0 Å². The summed E-state index contributed by atoms with van der Waals surface area (Å²) in [4.78, 5) is 8.23. The highest BCUT2D eigenvalue weighted by Crippen LogP contribution is 2.45. The highest BCUT2D eigenvalue weighted by molar-refractivity contribution is 7.24. The number of rotatable bonds is 26. The molecule has 5 heterocycles. The molecule has 0 fully saturated rings. The van der Waals surface area contributed by atoms with Gasteiger partial charge in [0.25, 0.3) is 0 Å². The maximum atomic E-state index is 4.85. The first-order valence-corrected chi connectivity index (χ1v) is 25.0. The lowest BCUT2D eigenvalue weighted by Crippen LogP contribution is -1.86. The standard InChI is InChI=1S/C46H60N2S5/c1-3-5-7-9-11-13-15-17-19-21-23-35-31-33-49-45(35)41-29-27-39(51-41)37-25-26-38(44-43(37)47-53-48-44)40-28-30-42(52-40)46-36(32-34-50-46)24-22-20-18-16-14-12-10-8-6-4-2/h25-34H,3-24H2,1-2H3. The molecule has 0 atom stereocenters. The van der Waals surface area contributed by atoms with E-state index in [4.69, 9.17) is 8.75 Å². The van der Waals surface area contributed by atoms with Gasteiger partial charge in [-0.3, -0.25) is 0 Å². The molecule has 0 radical (unpaired) electrons. The molecule has 0 amide bonds. The molecule has 0 saturated heterocycles. The van der Waals surface area contributed by atoms with E-state index in [0.717, 1.165) is 11.0 Å². The Kier molecular flexibility index (Phi) is 17.1. The summed E-state index contributed by atoms with van der Waals surface area (Å²) >= 11 is 8.94. The molecule has 6 aromatic rings. The van der Waals surface area contributed by atoms with Crippen molar-refractivity contribution in [2.24, 2.45) is 0 Å². The molecule has 0 N–H and O–H groups in total. The van der Waals surface area contributed by atoms with Gasteiger partial charge in [-0.05, 0) is 84.0 Å². The molecule has 1 aromatic carbocycles. The highest BCUT2D eigenvalue weighted by Gasteiger charge is 2.18. The summed E-state index contributed by atoms with van der Waals surface area (Å²) in [5.41, 5.74) is 7.51. The lowest BCUT2D eigenvalue weighted by molar-refractivity contribution is 0.556. The monoisotopic (exact) mass is 800 g/mol. The van der Waals surface area contributed by atoms with Gasteiger partial charge in [-0.2, -0.15) is 8.75 Å². The largest absolute Gasteiger partial charge is 0.172 e. The number of hydrogen-bond donors (Lipinski definition) is 0. The van der Waals surface area contributed by atoms with Crippen molar-refractivity contribution in [1.82, 2.24) is 8.75 Å². The molecule has 7 heteroatoms. The minimum absolute atomic E-state index is 1.03. The molecule has 0 aliphatic carbocycles. The Labute approximate surface area is 340 Å². The summed E-state index contributed by atoms with van der Waals surface area (Å²) in [7, 11) is 0. The quantitative estimate of drug-likeness (QED) is 0.0511. The van der Waals surface area contributed by atoms with Crippen LogP contribution in [0.1, 0.15) is 153 Å². The normalized spacial score (nSPS) is 11.7. The number of thiophene rings is 4. The second-order valence-electron chi connectivity index (χ2n) is 14.9. The van der Waals surface area contributed by atoms with E-state index in [-0.39, 0.29) is 0 Å². The van der Waals surface area contributed by atoms with Crippen molar-refractivity contribution in [3.05, 3.63) is 70.4 Å². The number of fused-ring (bicyclic) bond motifs is 1. The number of unbranched alkanes of at least 4 members (excludes halogenated alkanes) is 18. The van der Waals surface area contributed by atoms with E-state index in [9.17, 15) is 0 Å². The van der Waals surface area contributed by atoms with Crippen LogP contribution in [0.2, 0.25) is 0 Å². The average molecular weight is 801 g/mol. The van der Waals surface area contributed by atoms with Crippen molar-refractivity contribution >= 4 is 68.1 Å². The first-order chi connectivity index (χ1) is 26.3. The van der Waals surface area contributed by atoms with E-state index in [1.807, 2.05) is 45.3 Å². The Balaban J connectivity index is 1.03. The van der Waals surface area contributed by atoms with Crippen LogP contribution >= 0.6 is 57.1 Å². The van der Waals surface area contributed by atoms with Crippen LogP contribution in [-0.4, -0.2) is 8.75 Å². The molecular weight excluding hydrogens is 741 g/mol. The van der Waals surface area contributed by atoms with Gasteiger partial charge in [0, 0.05) is 40.4 Å². The van der Waals surface area contributed by atoms with Gasteiger partial charge in [-0.25, -0.2) is 0 Å². The van der Waals surface area contributed by atoms with Crippen molar-refractivity contribution in [2.75, 3.05) is 0 Å². The molecule has 0 bridgehead atoms. The van der Waals surface area contributed by atoms with E-state index >= 15 is 0 Å². The number of aryl methyl sites for hydroxylation is 2. The molecule has 6 rings (SSSR count). The average Bonchev–Trinajstić information content (AvgIpc) is 4.03. The Bertz CT molecular complexity index is 1770. The second-order valence-corrected chi connectivity index (χ2v) is 19.4. The summed E-state index contributed by atoms with van der Waals surface area (Å²) in [6.45, 7) is 4.60. The zero-order valence-corrected chi connectivity index (χ0v) is 36.3. The van der Waals surface area contributed by atoms with Crippen LogP contribution in [0.3, 0.4) is 0 Å². The van der Waals surface area contributed by atoms with Crippen molar-refractivity contribution in [3.8, 4) is 40.4 Å². The number of nitrogens with zero attached hydrogens (tertiary/aromatic N) is 2. The van der Waals surface area contributed by atoms with Crippen LogP contribution in [0.5, 0.6) is 0 Å². The molecular formula is C46H60N2S5. The Hall–Kier alpha value is -2.16. The molecule has 53 heavy (non-hydrogen) atoms. The van der Waals surface area contributed by atoms with Gasteiger partial charge >= 0.3 is 0 Å². The van der Waals surface area contributed by atoms with E-state index < -0.39 is 0 Å². The van der Waals surface area contributed by atoms with Gasteiger partial charge in [0.15, 0.2) is 0 Å². The first-order valence-electron chi connectivity index (χ1n) is 20.9. The van der Waals surface area contributed by atoms with Crippen LogP contribution in [0, 0.1) is 0 Å². The van der Waals surface area contributed by atoms with E-state index in [0.29, 0.717) is 0 Å². The Morgan fingerprint density at radius 3 is 1.15 bits per heavy atom. The van der Waals surface area contributed by atoms with E-state index in [2.05, 4.69) is 73.1 Å². The van der Waals surface area contributed by atoms with Crippen LogP contribution in [0.25, 0.3) is 51.4 Å². The molecule has 284 valence electrons. The third kappa shape index (κ3) is 11.7. The molecule has 5 aromatic heterocycles. The highest BCUT2D eigenvalue weighted by atomic mass is 32.1. The zero-order chi connectivity index (χ0) is 36.5. The van der Waals surface area contributed by atoms with Crippen molar-refractivity contribution in [2.45, 2.75) is 155 Å². The van der Waals surface area contributed by atoms with Gasteiger partial charge in [-0.15, -0.1) is 45.3 Å². The minimum atomic E-state index is 1.03. The minimum Gasteiger partial charge on any atom is -0.172 e. The molecule has 0 aliphatic rings. The smallest absolute Gasteiger partial charge is 0.114 e. The van der Waals surface area contributed by atoms with Gasteiger partial charge in [-0.1, -0.05) is 142 Å². The Morgan fingerprint density at radius 1 is 0.396 bits per heavy atom. The van der Waals surface area contributed by atoms with Crippen molar-refractivity contribution in [3.63, 3.8) is 0 Å². The summed E-state index contributed by atoms with van der Waals surface area (Å²) in [5, 5.41) is 4.56. The lowest BCUT2D eigenvalue weighted by atomic mass is 10.0. The maximum absolute atomic E-state index is 4.85. The van der Waals surface area contributed by atoms with Crippen LogP contribution < -0.4 is 0 Å². The second kappa shape index (κ2) is 22.4. The zero-order valence-electron chi connectivity index (χ0n) is 32.3. The molecule has 0 saturated carbocycles. The van der Waals surface area contributed by atoms with E-state index in [1.54, 1.807) is 0 Å². The van der Waals surface area contributed by atoms with Crippen LogP contribution in [0.15, 0.2) is 59.3 Å². The van der Waals surface area contributed by atoms with E-state index in [1.165, 1.54) is 205 Å². The molecule has 0 spiro atoms. The van der Waals surface area contributed by atoms with Gasteiger partial charge in [0.1, 0.15) is 11.0 Å². The lowest BCUT2D eigenvalue weighted by Gasteiger charge is -2.05. The maximum Gasteiger partial charge on any atom is 0.114 e. The van der Waals surface area contributed by atoms with Gasteiger partial charge in [0.05, 0.1) is 11.7 Å².